The van der Waals surface area contributed by atoms with Crippen LogP contribution < -0.4 is 4.90 Å². The standard InChI is InChI=1S/C22H22ClN7O/c1-28(2)21-20(23)19(29(3)26-21)11-18-14-6-4-5-7-15(14)22(31)30(18)12-13-8-9-16-17(10-13)25-27-24-16/h4-10,18H,11-12H2,1-3H3,(H,24,25,27). The van der Waals surface area contributed by atoms with Crippen molar-refractivity contribution in [3.8, 4) is 0 Å². The summed E-state index contributed by atoms with van der Waals surface area (Å²) in [6.07, 6.45) is 0.575. The highest BCUT2D eigenvalue weighted by Gasteiger charge is 2.37. The molecule has 1 aliphatic rings. The van der Waals surface area contributed by atoms with Crippen molar-refractivity contribution in [2.45, 2.75) is 19.0 Å². The normalized spacial score (nSPS) is 15.7. The number of aromatic amines is 1. The quantitative estimate of drug-likeness (QED) is 0.519. The van der Waals surface area contributed by atoms with Crippen LogP contribution in [0.3, 0.4) is 0 Å². The fraction of sp³-hybridized carbons (Fsp3) is 0.273. The van der Waals surface area contributed by atoms with Gasteiger partial charge in [0.2, 0.25) is 0 Å². The third kappa shape index (κ3) is 3.23. The van der Waals surface area contributed by atoms with Gasteiger partial charge in [-0.3, -0.25) is 9.48 Å². The maximum Gasteiger partial charge on any atom is 0.255 e. The molecule has 5 rings (SSSR count). The maximum absolute atomic E-state index is 13.3. The second-order valence-electron chi connectivity index (χ2n) is 7.99. The largest absolute Gasteiger partial charge is 0.360 e. The number of fused-ring (bicyclic) bond motifs is 2. The predicted octanol–water partition coefficient (Wildman–Crippen LogP) is 3.35. The molecule has 0 bridgehead atoms. The van der Waals surface area contributed by atoms with E-state index in [-0.39, 0.29) is 11.9 Å². The SMILES string of the molecule is CN(C)c1nn(C)c(CC2c3ccccc3C(=O)N2Cc2ccc3n[nH]nc3c2)c1Cl. The minimum Gasteiger partial charge on any atom is -0.360 e. The highest BCUT2D eigenvalue weighted by molar-refractivity contribution is 6.33. The molecule has 2 aromatic heterocycles. The fourth-order valence-electron chi connectivity index (χ4n) is 4.24. The first-order valence-electron chi connectivity index (χ1n) is 10.0. The van der Waals surface area contributed by atoms with Crippen LogP contribution in [0.2, 0.25) is 5.02 Å². The van der Waals surface area contributed by atoms with Gasteiger partial charge in [-0.1, -0.05) is 35.9 Å². The first kappa shape index (κ1) is 19.6. The van der Waals surface area contributed by atoms with E-state index in [1.165, 1.54) is 0 Å². The van der Waals surface area contributed by atoms with E-state index in [9.17, 15) is 4.79 Å². The summed E-state index contributed by atoms with van der Waals surface area (Å²) in [5.41, 5.74) is 5.23. The molecule has 158 valence electrons. The van der Waals surface area contributed by atoms with Gasteiger partial charge in [-0.05, 0) is 29.3 Å². The number of halogens is 1. The van der Waals surface area contributed by atoms with E-state index in [0.717, 1.165) is 39.2 Å². The number of aryl methyl sites for hydroxylation is 1. The van der Waals surface area contributed by atoms with Gasteiger partial charge in [0.15, 0.2) is 5.82 Å². The average Bonchev–Trinajstić information content (AvgIpc) is 3.41. The molecule has 4 aromatic rings. The Labute approximate surface area is 184 Å². The number of benzene rings is 2. The molecule has 0 aliphatic carbocycles. The lowest BCUT2D eigenvalue weighted by atomic mass is 10.0. The van der Waals surface area contributed by atoms with Crippen LogP contribution in [0.25, 0.3) is 11.0 Å². The Morgan fingerprint density at radius 1 is 1.13 bits per heavy atom. The number of hydrogen-bond acceptors (Lipinski definition) is 5. The van der Waals surface area contributed by atoms with Crippen LogP contribution >= 0.6 is 11.6 Å². The monoisotopic (exact) mass is 435 g/mol. The van der Waals surface area contributed by atoms with E-state index < -0.39 is 0 Å². The highest BCUT2D eigenvalue weighted by Crippen LogP contribution is 2.39. The number of amides is 1. The maximum atomic E-state index is 13.3. The van der Waals surface area contributed by atoms with Crippen molar-refractivity contribution in [2.75, 3.05) is 19.0 Å². The van der Waals surface area contributed by atoms with Crippen molar-refractivity contribution in [2.24, 2.45) is 7.05 Å². The van der Waals surface area contributed by atoms with Crippen LogP contribution in [-0.2, 0) is 20.0 Å². The first-order valence-corrected chi connectivity index (χ1v) is 10.4. The zero-order valence-corrected chi connectivity index (χ0v) is 18.3. The number of nitrogens with one attached hydrogen (secondary N) is 1. The van der Waals surface area contributed by atoms with E-state index in [0.29, 0.717) is 18.0 Å². The van der Waals surface area contributed by atoms with Gasteiger partial charge in [-0.25, -0.2) is 0 Å². The Kier molecular flexibility index (Phi) is 4.66. The number of H-pyrrole nitrogens is 1. The molecule has 2 aromatic carbocycles. The van der Waals surface area contributed by atoms with Gasteiger partial charge in [-0.15, -0.1) is 0 Å². The Bertz CT molecular complexity index is 1290. The second kappa shape index (κ2) is 7.39. The van der Waals surface area contributed by atoms with Crippen molar-refractivity contribution in [1.82, 2.24) is 30.1 Å². The van der Waals surface area contributed by atoms with Gasteiger partial charge in [0.25, 0.3) is 5.91 Å². The molecular formula is C22H22ClN7O. The van der Waals surface area contributed by atoms with Gasteiger partial charge < -0.3 is 9.80 Å². The number of nitrogens with zero attached hydrogens (tertiary/aromatic N) is 6. The molecule has 8 nitrogen and oxygen atoms in total. The molecule has 0 saturated heterocycles. The molecule has 9 heteroatoms. The number of carbonyl (C=O) groups excluding carboxylic acids is 1. The number of rotatable bonds is 5. The number of hydrogen-bond donors (Lipinski definition) is 1. The Morgan fingerprint density at radius 3 is 2.68 bits per heavy atom. The van der Waals surface area contributed by atoms with Crippen molar-refractivity contribution in [3.05, 3.63) is 69.9 Å². The van der Waals surface area contributed by atoms with Crippen molar-refractivity contribution >= 4 is 34.4 Å². The summed E-state index contributed by atoms with van der Waals surface area (Å²) >= 11 is 6.68. The zero-order chi connectivity index (χ0) is 21.7. The van der Waals surface area contributed by atoms with E-state index in [1.54, 1.807) is 0 Å². The van der Waals surface area contributed by atoms with Gasteiger partial charge in [0, 0.05) is 39.7 Å². The minimum absolute atomic E-state index is 0.0203. The lowest BCUT2D eigenvalue weighted by Crippen LogP contribution is -2.29. The smallest absolute Gasteiger partial charge is 0.255 e. The Balaban J connectivity index is 1.53. The minimum atomic E-state index is -0.139. The average molecular weight is 436 g/mol. The van der Waals surface area contributed by atoms with E-state index in [2.05, 4.69) is 20.5 Å². The molecule has 0 fully saturated rings. The van der Waals surface area contributed by atoms with Gasteiger partial charge in [0.1, 0.15) is 16.1 Å². The van der Waals surface area contributed by atoms with Crippen LogP contribution in [0.15, 0.2) is 42.5 Å². The molecular weight excluding hydrogens is 414 g/mol. The third-order valence-corrected chi connectivity index (χ3v) is 6.20. The molecule has 1 amide bonds. The summed E-state index contributed by atoms with van der Waals surface area (Å²) in [6.45, 7) is 0.469. The Morgan fingerprint density at radius 2 is 1.90 bits per heavy atom. The molecule has 1 N–H and O–H groups in total. The van der Waals surface area contributed by atoms with Crippen molar-refractivity contribution < 1.29 is 4.79 Å². The molecule has 0 spiro atoms. The number of anilines is 1. The third-order valence-electron chi connectivity index (χ3n) is 5.82. The molecule has 31 heavy (non-hydrogen) atoms. The first-order chi connectivity index (χ1) is 14.9. The fourth-order valence-corrected chi connectivity index (χ4v) is 4.64. The van der Waals surface area contributed by atoms with Crippen LogP contribution in [0.5, 0.6) is 0 Å². The molecule has 0 radical (unpaired) electrons. The Hall–Kier alpha value is -3.39. The summed E-state index contributed by atoms with van der Waals surface area (Å²) < 4.78 is 1.81. The summed E-state index contributed by atoms with van der Waals surface area (Å²) in [5, 5.41) is 16.1. The number of carbonyl (C=O) groups is 1. The molecule has 1 unspecified atom stereocenters. The van der Waals surface area contributed by atoms with E-state index >= 15 is 0 Å². The number of aromatic nitrogens is 5. The van der Waals surface area contributed by atoms with Crippen molar-refractivity contribution in [3.63, 3.8) is 0 Å². The van der Waals surface area contributed by atoms with Crippen LogP contribution in [0, 0.1) is 0 Å². The second-order valence-corrected chi connectivity index (χ2v) is 8.37. The lowest BCUT2D eigenvalue weighted by Gasteiger charge is -2.26. The summed E-state index contributed by atoms with van der Waals surface area (Å²) in [4.78, 5) is 17.1. The van der Waals surface area contributed by atoms with E-state index in [1.807, 2.05) is 78.1 Å². The highest BCUT2D eigenvalue weighted by atomic mass is 35.5. The molecule has 1 aliphatic heterocycles. The van der Waals surface area contributed by atoms with Gasteiger partial charge >= 0.3 is 0 Å². The van der Waals surface area contributed by atoms with Gasteiger partial charge in [0.05, 0.1) is 11.7 Å². The molecule has 3 heterocycles. The molecule has 1 atom stereocenters. The van der Waals surface area contributed by atoms with Crippen LogP contribution in [0.1, 0.15) is 33.2 Å². The van der Waals surface area contributed by atoms with Crippen molar-refractivity contribution in [1.29, 1.82) is 0 Å². The summed E-state index contributed by atoms with van der Waals surface area (Å²) in [5.74, 6) is 0.742. The van der Waals surface area contributed by atoms with Crippen LogP contribution in [0.4, 0.5) is 5.82 Å². The van der Waals surface area contributed by atoms with Crippen LogP contribution in [-0.4, -0.2) is 50.1 Å². The van der Waals surface area contributed by atoms with Gasteiger partial charge in [-0.2, -0.15) is 20.5 Å². The summed E-state index contributed by atoms with van der Waals surface area (Å²) in [6, 6.07) is 13.5. The zero-order valence-electron chi connectivity index (χ0n) is 17.5. The molecule has 0 saturated carbocycles. The summed E-state index contributed by atoms with van der Waals surface area (Å²) in [7, 11) is 5.72. The predicted molar refractivity (Wildman–Crippen MR) is 119 cm³/mol. The lowest BCUT2D eigenvalue weighted by molar-refractivity contribution is 0.0708. The van der Waals surface area contributed by atoms with E-state index in [4.69, 9.17) is 11.6 Å². The topological polar surface area (TPSA) is 82.9 Å².